The molecule has 0 saturated carbocycles. The fraction of sp³-hybridized carbons (Fsp3) is 0.222. The molecule has 0 saturated heterocycles. The van der Waals surface area contributed by atoms with Crippen LogP contribution in [0.2, 0.25) is 0 Å². The molecule has 6 heteroatoms. The van der Waals surface area contributed by atoms with Crippen LogP contribution in [0.3, 0.4) is 0 Å². The molecule has 0 aromatic heterocycles. The van der Waals surface area contributed by atoms with Crippen molar-refractivity contribution in [2.75, 3.05) is 19.4 Å². The molecule has 2 rings (SSSR count). The summed E-state index contributed by atoms with van der Waals surface area (Å²) < 4.78 is 26.2. The summed E-state index contributed by atoms with van der Waals surface area (Å²) in [5, 5.41) is 2.63. The first-order valence-corrected chi connectivity index (χ1v) is 7.42. The second-order valence-electron chi connectivity index (χ2n) is 5.56. The van der Waals surface area contributed by atoms with Gasteiger partial charge in [0, 0.05) is 20.5 Å². The highest BCUT2D eigenvalue weighted by atomic mass is 19.1. The molecule has 0 radical (unpaired) electrons. The monoisotopic (exact) mass is 332 g/mol. The molecule has 0 aliphatic heterocycles. The van der Waals surface area contributed by atoms with Crippen molar-refractivity contribution in [1.82, 2.24) is 4.90 Å². The van der Waals surface area contributed by atoms with Gasteiger partial charge in [-0.2, -0.15) is 0 Å². The molecule has 1 N–H and O–H groups in total. The molecule has 0 heterocycles. The minimum atomic E-state index is -0.551. The van der Waals surface area contributed by atoms with Crippen molar-refractivity contribution in [3.05, 3.63) is 65.2 Å². The van der Waals surface area contributed by atoms with E-state index in [0.717, 1.165) is 11.6 Å². The third-order valence-corrected chi connectivity index (χ3v) is 3.45. The molecule has 0 fully saturated rings. The van der Waals surface area contributed by atoms with Crippen LogP contribution in [0.5, 0.6) is 0 Å². The maximum Gasteiger partial charge on any atom is 0.255 e. The number of nitrogens with one attached hydrogen (secondary N) is 1. The Hall–Kier alpha value is -2.76. The molecule has 2 amide bonds. The molecular formula is C18H18F2N2O2. The normalized spacial score (nSPS) is 10.3. The first-order chi connectivity index (χ1) is 11.4. The maximum absolute atomic E-state index is 13.4. The first-order valence-electron chi connectivity index (χ1n) is 7.42. The van der Waals surface area contributed by atoms with Gasteiger partial charge in [0.15, 0.2) is 0 Å². The average molecular weight is 332 g/mol. The highest BCUT2D eigenvalue weighted by molar-refractivity contribution is 6.03. The van der Waals surface area contributed by atoms with Crippen LogP contribution in [0.15, 0.2) is 42.5 Å². The van der Waals surface area contributed by atoms with Gasteiger partial charge < -0.3 is 10.2 Å². The number of anilines is 1. The zero-order valence-electron chi connectivity index (χ0n) is 13.5. The summed E-state index contributed by atoms with van der Waals surface area (Å²) in [7, 11) is 3.10. The highest BCUT2D eigenvalue weighted by Gasteiger charge is 2.16. The third kappa shape index (κ3) is 4.62. The van der Waals surface area contributed by atoms with E-state index in [4.69, 9.17) is 0 Å². The summed E-state index contributed by atoms with van der Waals surface area (Å²) in [5.41, 5.74) is 1.18. The van der Waals surface area contributed by atoms with Gasteiger partial charge in [0.25, 0.3) is 5.91 Å². The number of amides is 2. The molecule has 0 atom stereocenters. The van der Waals surface area contributed by atoms with E-state index in [-0.39, 0.29) is 29.4 Å². The Morgan fingerprint density at radius 2 is 1.62 bits per heavy atom. The highest BCUT2D eigenvalue weighted by Crippen LogP contribution is 2.19. The van der Waals surface area contributed by atoms with Gasteiger partial charge in [0.1, 0.15) is 11.6 Å². The van der Waals surface area contributed by atoms with Crippen LogP contribution in [-0.2, 0) is 11.2 Å². The Morgan fingerprint density at radius 3 is 2.25 bits per heavy atom. The number of hydrogen-bond acceptors (Lipinski definition) is 2. The van der Waals surface area contributed by atoms with E-state index in [1.807, 2.05) is 0 Å². The van der Waals surface area contributed by atoms with Crippen LogP contribution >= 0.6 is 0 Å². The molecule has 2 aromatic rings. The van der Waals surface area contributed by atoms with Crippen molar-refractivity contribution in [2.24, 2.45) is 0 Å². The van der Waals surface area contributed by atoms with Crippen LogP contribution < -0.4 is 5.32 Å². The minimum absolute atomic E-state index is 0.0927. The fourth-order valence-corrected chi connectivity index (χ4v) is 2.16. The second-order valence-corrected chi connectivity index (χ2v) is 5.56. The van der Waals surface area contributed by atoms with Gasteiger partial charge in [-0.1, -0.05) is 12.1 Å². The van der Waals surface area contributed by atoms with Crippen LogP contribution in [0.1, 0.15) is 22.3 Å². The van der Waals surface area contributed by atoms with Gasteiger partial charge in [-0.05, 0) is 42.3 Å². The van der Waals surface area contributed by atoms with E-state index in [9.17, 15) is 18.4 Å². The molecule has 0 unspecified atom stereocenters. The van der Waals surface area contributed by atoms with Gasteiger partial charge in [-0.25, -0.2) is 8.78 Å². The van der Waals surface area contributed by atoms with Gasteiger partial charge in [-0.3, -0.25) is 9.59 Å². The molecule has 2 aromatic carbocycles. The molecule has 4 nitrogen and oxygen atoms in total. The lowest BCUT2D eigenvalue weighted by molar-refractivity contribution is -0.116. The Labute approximate surface area is 139 Å². The summed E-state index contributed by atoms with van der Waals surface area (Å²) in [6, 6.07) is 9.53. The quantitative estimate of drug-likeness (QED) is 0.914. The lowest BCUT2D eigenvalue weighted by Crippen LogP contribution is -2.24. The number of aryl methyl sites for hydroxylation is 1. The Kier molecular flexibility index (Phi) is 5.63. The smallest absolute Gasteiger partial charge is 0.255 e. The molecule has 24 heavy (non-hydrogen) atoms. The second kappa shape index (κ2) is 7.68. The molecular weight excluding hydrogens is 314 g/mol. The zero-order chi connectivity index (χ0) is 17.7. The van der Waals surface area contributed by atoms with E-state index < -0.39 is 11.7 Å². The predicted octanol–water partition coefficient (Wildman–Crippen LogP) is 3.24. The Balaban J connectivity index is 2.05. The predicted molar refractivity (Wildman–Crippen MR) is 87.8 cm³/mol. The standard InChI is InChI=1S/C18H18F2N2O2/c1-22(2)18(24)15-11-14(20)8-9-16(15)21-17(23)10-5-12-3-6-13(19)7-4-12/h3-4,6-9,11H,5,10H2,1-2H3,(H,21,23). The molecule has 0 aliphatic rings. The SMILES string of the molecule is CN(C)C(=O)c1cc(F)ccc1NC(=O)CCc1ccc(F)cc1. The van der Waals surface area contributed by atoms with Gasteiger partial charge in [0.05, 0.1) is 11.3 Å². The van der Waals surface area contributed by atoms with Crippen molar-refractivity contribution >= 4 is 17.5 Å². The lowest BCUT2D eigenvalue weighted by atomic mass is 10.1. The fourth-order valence-electron chi connectivity index (χ4n) is 2.16. The summed E-state index contributed by atoms with van der Waals surface area (Å²) in [6.07, 6.45) is 0.600. The third-order valence-electron chi connectivity index (χ3n) is 3.45. The topological polar surface area (TPSA) is 49.4 Å². The first kappa shape index (κ1) is 17.6. The number of carbonyl (C=O) groups is 2. The van der Waals surface area contributed by atoms with Crippen LogP contribution in [0.25, 0.3) is 0 Å². The molecule has 126 valence electrons. The van der Waals surface area contributed by atoms with Crippen molar-refractivity contribution in [3.63, 3.8) is 0 Å². The van der Waals surface area contributed by atoms with Crippen molar-refractivity contribution in [2.45, 2.75) is 12.8 Å². The number of rotatable bonds is 5. The molecule has 0 bridgehead atoms. The minimum Gasteiger partial charge on any atom is -0.345 e. The largest absolute Gasteiger partial charge is 0.345 e. The number of carbonyl (C=O) groups excluding carboxylic acids is 2. The Morgan fingerprint density at radius 1 is 1.00 bits per heavy atom. The van der Waals surface area contributed by atoms with E-state index in [1.54, 1.807) is 26.2 Å². The van der Waals surface area contributed by atoms with Gasteiger partial charge >= 0.3 is 0 Å². The number of hydrogen-bond donors (Lipinski definition) is 1. The van der Waals surface area contributed by atoms with Crippen molar-refractivity contribution in [1.29, 1.82) is 0 Å². The molecule has 0 spiro atoms. The summed E-state index contributed by atoms with van der Waals surface area (Å²) in [6.45, 7) is 0. The number of nitrogens with zero attached hydrogens (tertiary/aromatic N) is 1. The number of halogens is 2. The van der Waals surface area contributed by atoms with Crippen LogP contribution in [0, 0.1) is 11.6 Å². The van der Waals surface area contributed by atoms with E-state index in [0.29, 0.717) is 6.42 Å². The van der Waals surface area contributed by atoms with E-state index >= 15 is 0 Å². The van der Waals surface area contributed by atoms with E-state index in [1.165, 1.54) is 29.2 Å². The van der Waals surface area contributed by atoms with Gasteiger partial charge in [-0.15, -0.1) is 0 Å². The molecule has 0 aliphatic carbocycles. The van der Waals surface area contributed by atoms with Crippen molar-refractivity contribution in [3.8, 4) is 0 Å². The maximum atomic E-state index is 13.4. The number of benzene rings is 2. The van der Waals surface area contributed by atoms with Crippen LogP contribution in [0.4, 0.5) is 14.5 Å². The summed E-state index contributed by atoms with van der Waals surface area (Å²) >= 11 is 0. The van der Waals surface area contributed by atoms with Crippen LogP contribution in [-0.4, -0.2) is 30.8 Å². The Bertz CT molecular complexity index is 743. The summed E-state index contributed by atoms with van der Waals surface area (Å²) in [4.78, 5) is 25.5. The zero-order valence-corrected chi connectivity index (χ0v) is 13.5. The van der Waals surface area contributed by atoms with Gasteiger partial charge in [0.2, 0.25) is 5.91 Å². The van der Waals surface area contributed by atoms with Crippen molar-refractivity contribution < 1.29 is 18.4 Å². The van der Waals surface area contributed by atoms with E-state index in [2.05, 4.69) is 5.32 Å². The lowest BCUT2D eigenvalue weighted by Gasteiger charge is -2.15. The summed E-state index contributed by atoms with van der Waals surface area (Å²) in [5.74, 6) is -1.59. The average Bonchev–Trinajstić information content (AvgIpc) is 2.55.